The predicted octanol–water partition coefficient (Wildman–Crippen LogP) is 4.28. The number of carbonyl (C=O) groups excluding carboxylic acids is 1. The Morgan fingerprint density at radius 1 is 1.32 bits per heavy atom. The molecule has 0 saturated carbocycles. The van der Waals surface area contributed by atoms with Crippen molar-refractivity contribution in [3.05, 3.63) is 53.6 Å². The van der Waals surface area contributed by atoms with Gasteiger partial charge in [0.15, 0.2) is 0 Å². The van der Waals surface area contributed by atoms with Crippen LogP contribution in [0.1, 0.15) is 6.92 Å². The summed E-state index contributed by atoms with van der Waals surface area (Å²) in [5.74, 6) is -0.0313. The van der Waals surface area contributed by atoms with Gasteiger partial charge in [0.2, 0.25) is 5.91 Å². The summed E-state index contributed by atoms with van der Waals surface area (Å²) in [6, 6.07) is 15.4. The molecule has 0 saturated heterocycles. The molecule has 0 unspecified atom stereocenters. The first kappa shape index (κ1) is 15.3. The smallest absolute Gasteiger partial charge is 0.243 e. The van der Waals surface area contributed by atoms with Gasteiger partial charge in [0.1, 0.15) is 0 Å². The Morgan fingerprint density at radius 3 is 2.95 bits per heavy atom. The second kappa shape index (κ2) is 6.63. The van der Waals surface area contributed by atoms with E-state index >= 15 is 0 Å². The van der Waals surface area contributed by atoms with Gasteiger partial charge in [0.25, 0.3) is 0 Å². The molecule has 1 aliphatic rings. The second-order valence-electron chi connectivity index (χ2n) is 5.34. The van der Waals surface area contributed by atoms with Crippen LogP contribution >= 0.6 is 23.4 Å². The fourth-order valence-corrected chi connectivity index (χ4v) is 3.92. The first-order valence-electron chi connectivity index (χ1n) is 7.18. The molecule has 0 spiro atoms. The number of nitrogens with zero attached hydrogens (tertiary/aromatic N) is 1. The summed E-state index contributed by atoms with van der Waals surface area (Å²) in [7, 11) is 0. The van der Waals surface area contributed by atoms with E-state index in [4.69, 9.17) is 11.6 Å². The fourth-order valence-electron chi connectivity index (χ4n) is 2.57. The molecule has 5 heteroatoms. The lowest BCUT2D eigenvalue weighted by atomic mass is 10.2. The fraction of sp³-hybridized carbons (Fsp3) is 0.235. The maximum Gasteiger partial charge on any atom is 0.243 e. The number of para-hydroxylation sites is 1. The monoisotopic (exact) mass is 332 g/mol. The highest BCUT2D eigenvalue weighted by Gasteiger charge is 2.23. The van der Waals surface area contributed by atoms with Crippen LogP contribution in [0.2, 0.25) is 5.02 Å². The molecule has 0 aromatic heterocycles. The number of hydrogen-bond acceptors (Lipinski definition) is 3. The summed E-state index contributed by atoms with van der Waals surface area (Å²) in [4.78, 5) is 15.7. The number of rotatable bonds is 3. The van der Waals surface area contributed by atoms with Crippen LogP contribution in [0.25, 0.3) is 0 Å². The van der Waals surface area contributed by atoms with Gasteiger partial charge in [-0.3, -0.25) is 4.79 Å². The molecule has 114 valence electrons. The van der Waals surface area contributed by atoms with Crippen molar-refractivity contribution < 1.29 is 4.79 Å². The number of thioether (sulfide) groups is 1. The number of fused-ring (bicyclic) bond motifs is 1. The summed E-state index contributed by atoms with van der Waals surface area (Å²) in [6.07, 6.45) is 0. The quantitative estimate of drug-likeness (QED) is 0.910. The lowest BCUT2D eigenvalue weighted by Gasteiger charge is -2.33. The van der Waals surface area contributed by atoms with Crippen LogP contribution in [0.3, 0.4) is 0 Å². The zero-order chi connectivity index (χ0) is 15.5. The molecule has 0 bridgehead atoms. The number of hydrogen-bond donors (Lipinski definition) is 1. The largest absolute Gasteiger partial charge is 0.360 e. The van der Waals surface area contributed by atoms with E-state index in [9.17, 15) is 4.79 Å². The summed E-state index contributed by atoms with van der Waals surface area (Å²) in [5, 5.41) is 3.99. The summed E-state index contributed by atoms with van der Waals surface area (Å²) in [6.45, 7) is 3.39. The van der Waals surface area contributed by atoms with Crippen molar-refractivity contribution in [2.24, 2.45) is 0 Å². The van der Waals surface area contributed by atoms with Gasteiger partial charge >= 0.3 is 0 Å². The van der Waals surface area contributed by atoms with Crippen LogP contribution in [-0.4, -0.2) is 24.2 Å². The maximum absolute atomic E-state index is 12.3. The van der Waals surface area contributed by atoms with Gasteiger partial charge in [-0.05, 0) is 30.3 Å². The van der Waals surface area contributed by atoms with Gasteiger partial charge in [0.05, 0.1) is 12.2 Å². The van der Waals surface area contributed by atoms with Crippen LogP contribution in [0, 0.1) is 0 Å². The van der Waals surface area contributed by atoms with Crippen LogP contribution in [-0.2, 0) is 4.79 Å². The molecule has 0 fully saturated rings. The van der Waals surface area contributed by atoms with E-state index in [-0.39, 0.29) is 5.91 Å². The third kappa shape index (κ3) is 3.57. The molecule has 1 amide bonds. The van der Waals surface area contributed by atoms with Crippen LogP contribution in [0.15, 0.2) is 53.4 Å². The van der Waals surface area contributed by atoms with Crippen molar-refractivity contribution in [2.75, 3.05) is 23.3 Å². The minimum absolute atomic E-state index is 0.0313. The molecule has 1 aliphatic heterocycles. The van der Waals surface area contributed by atoms with Crippen molar-refractivity contribution in [1.29, 1.82) is 0 Å². The van der Waals surface area contributed by atoms with Crippen LogP contribution < -0.4 is 10.2 Å². The molecule has 2 aromatic carbocycles. The molecule has 1 atom stereocenters. The highest BCUT2D eigenvalue weighted by molar-refractivity contribution is 8.00. The minimum Gasteiger partial charge on any atom is -0.360 e. The maximum atomic E-state index is 12.3. The van der Waals surface area contributed by atoms with Gasteiger partial charge < -0.3 is 10.2 Å². The Kier molecular flexibility index (Phi) is 4.60. The number of benzene rings is 2. The topological polar surface area (TPSA) is 32.3 Å². The second-order valence-corrected chi connectivity index (χ2v) is 7.25. The minimum atomic E-state index is -0.0313. The Labute approximate surface area is 139 Å². The van der Waals surface area contributed by atoms with Crippen molar-refractivity contribution >= 4 is 40.6 Å². The van der Waals surface area contributed by atoms with E-state index < -0.39 is 0 Å². The predicted molar refractivity (Wildman–Crippen MR) is 94.1 cm³/mol. The summed E-state index contributed by atoms with van der Waals surface area (Å²) < 4.78 is 0. The molecule has 1 N–H and O–H groups in total. The van der Waals surface area contributed by atoms with Crippen molar-refractivity contribution in [3.8, 4) is 0 Å². The van der Waals surface area contributed by atoms with E-state index in [1.54, 1.807) is 12.1 Å². The van der Waals surface area contributed by atoms with Crippen molar-refractivity contribution in [3.63, 3.8) is 0 Å². The Morgan fingerprint density at radius 2 is 2.14 bits per heavy atom. The van der Waals surface area contributed by atoms with E-state index in [0.29, 0.717) is 16.8 Å². The first-order valence-corrected chi connectivity index (χ1v) is 8.43. The number of anilines is 2. The first-order chi connectivity index (χ1) is 10.6. The lowest BCUT2D eigenvalue weighted by molar-refractivity contribution is -0.115. The average Bonchev–Trinajstić information content (AvgIpc) is 2.47. The van der Waals surface area contributed by atoms with E-state index in [1.165, 1.54) is 4.90 Å². The molecule has 1 heterocycles. The van der Waals surface area contributed by atoms with Gasteiger partial charge in [-0.15, -0.1) is 11.8 Å². The molecule has 0 aliphatic carbocycles. The van der Waals surface area contributed by atoms with Gasteiger partial charge in [-0.2, -0.15) is 0 Å². The Bertz CT molecular complexity index is 692. The van der Waals surface area contributed by atoms with Crippen LogP contribution in [0.4, 0.5) is 11.4 Å². The molecular weight excluding hydrogens is 316 g/mol. The number of carbonyl (C=O) groups is 1. The van der Waals surface area contributed by atoms with Gasteiger partial charge in [-0.25, -0.2) is 0 Å². The van der Waals surface area contributed by atoms with E-state index in [2.05, 4.69) is 29.3 Å². The molecule has 3 rings (SSSR count). The third-order valence-electron chi connectivity index (χ3n) is 3.45. The number of nitrogens with one attached hydrogen (secondary N) is 1. The Balaban J connectivity index is 1.71. The standard InChI is InChI=1S/C17H17ClN2OS/c1-12-10-20(15-7-2-3-8-16(15)22-12)11-17(21)19-14-6-4-5-13(18)9-14/h2-9,12H,10-11H2,1H3,(H,19,21)/t12-/m0/s1. The average molecular weight is 333 g/mol. The summed E-state index contributed by atoms with van der Waals surface area (Å²) in [5.41, 5.74) is 1.86. The molecule has 0 radical (unpaired) electrons. The van der Waals surface area contributed by atoms with Crippen LogP contribution in [0.5, 0.6) is 0 Å². The molecule has 22 heavy (non-hydrogen) atoms. The highest BCUT2D eigenvalue weighted by Crippen LogP contribution is 2.37. The summed E-state index contributed by atoms with van der Waals surface area (Å²) >= 11 is 7.80. The zero-order valence-corrected chi connectivity index (χ0v) is 13.8. The lowest BCUT2D eigenvalue weighted by Crippen LogP contribution is -2.39. The number of amides is 1. The molecule has 3 nitrogen and oxygen atoms in total. The van der Waals surface area contributed by atoms with E-state index in [0.717, 1.165) is 17.9 Å². The van der Waals surface area contributed by atoms with Crippen molar-refractivity contribution in [2.45, 2.75) is 17.1 Å². The molecule has 2 aromatic rings. The Hall–Kier alpha value is -1.65. The van der Waals surface area contributed by atoms with E-state index in [1.807, 2.05) is 36.0 Å². The third-order valence-corrected chi connectivity index (χ3v) is 4.84. The highest BCUT2D eigenvalue weighted by atomic mass is 35.5. The van der Waals surface area contributed by atoms with Gasteiger partial charge in [-0.1, -0.05) is 36.7 Å². The van der Waals surface area contributed by atoms with Crippen molar-refractivity contribution in [1.82, 2.24) is 0 Å². The SMILES string of the molecule is C[C@H]1CN(CC(=O)Nc2cccc(Cl)c2)c2ccccc2S1. The van der Waals surface area contributed by atoms with Gasteiger partial charge in [0, 0.05) is 27.4 Å². The zero-order valence-electron chi connectivity index (χ0n) is 12.3. The molecular formula is C17H17ClN2OS. The number of halogens is 1. The normalized spacial score (nSPS) is 17.0.